The first kappa shape index (κ1) is 32.1. The summed E-state index contributed by atoms with van der Waals surface area (Å²) in [6.45, 7) is 20.6. The number of nitrogens with one attached hydrogen (secondary N) is 1. The van der Waals surface area contributed by atoms with E-state index >= 15 is 0 Å². The molecule has 4 aromatic carbocycles. The van der Waals surface area contributed by atoms with Crippen LogP contribution in [0.15, 0.2) is 89.0 Å². The molecule has 0 aliphatic carbocycles. The maximum atomic E-state index is 12.5. The predicted molar refractivity (Wildman–Crippen MR) is 197 cm³/mol. The van der Waals surface area contributed by atoms with Gasteiger partial charge in [0.1, 0.15) is 11.5 Å². The van der Waals surface area contributed by atoms with Crippen LogP contribution in [0.3, 0.4) is 0 Å². The molecule has 0 unspecified atom stereocenters. The Morgan fingerprint density at radius 2 is 1.40 bits per heavy atom. The Bertz CT molecular complexity index is 2280. The van der Waals surface area contributed by atoms with Gasteiger partial charge in [-0.05, 0) is 119 Å². The molecule has 240 valence electrons. The number of nitrogens with zero attached hydrogens (tertiary/aromatic N) is 1. The molecule has 0 fully saturated rings. The third-order valence-electron chi connectivity index (χ3n) is 9.19. The fourth-order valence-corrected chi connectivity index (χ4v) is 7.70. The van der Waals surface area contributed by atoms with Crippen molar-refractivity contribution < 1.29 is 14.6 Å². The van der Waals surface area contributed by atoms with E-state index < -0.39 is 5.97 Å². The van der Waals surface area contributed by atoms with E-state index in [1.807, 2.05) is 26.8 Å². The van der Waals surface area contributed by atoms with Crippen LogP contribution in [0.2, 0.25) is 0 Å². The molecule has 0 amide bonds. The second-order valence-corrected chi connectivity index (χ2v) is 13.5. The number of ether oxygens (including phenoxy) is 1. The molecule has 3 heterocycles. The Morgan fingerprint density at radius 1 is 0.787 bits per heavy atom. The van der Waals surface area contributed by atoms with E-state index in [-0.39, 0.29) is 16.7 Å². The number of allylic oxidation sites excluding steroid dienone is 4. The average Bonchev–Trinajstić information content (AvgIpc) is 3.01. The maximum Gasteiger partial charge on any atom is 0.335 e. The first-order valence-electron chi connectivity index (χ1n) is 16.6. The number of carboxylic acids is 1. The molecule has 4 aromatic rings. The highest BCUT2D eigenvalue weighted by Crippen LogP contribution is 2.48. The van der Waals surface area contributed by atoms with Gasteiger partial charge >= 0.3 is 5.97 Å². The van der Waals surface area contributed by atoms with Gasteiger partial charge in [-0.15, -0.1) is 0 Å². The van der Waals surface area contributed by atoms with Crippen LogP contribution in [0.5, 0.6) is 11.5 Å². The van der Waals surface area contributed by atoms with Crippen LogP contribution in [-0.2, 0) is 4.79 Å². The van der Waals surface area contributed by atoms with Gasteiger partial charge in [-0.1, -0.05) is 50.3 Å². The Hall–Kier alpha value is -4.90. The highest BCUT2D eigenvalue weighted by atomic mass is 16.5. The van der Waals surface area contributed by atoms with Crippen LogP contribution in [0.25, 0.3) is 38.3 Å². The fraction of sp³-hybridized carbons (Fsp3) is 0.286. The number of carbonyl (C=O) groups is 1. The van der Waals surface area contributed by atoms with Crippen LogP contribution < -0.4 is 20.6 Å². The minimum Gasteiger partial charge on any atom is -0.478 e. The third kappa shape index (κ3) is 5.09. The Morgan fingerprint density at radius 3 is 2.09 bits per heavy atom. The molecule has 0 atom stereocenters. The van der Waals surface area contributed by atoms with Crippen molar-refractivity contribution >= 4 is 49.9 Å². The fourth-order valence-electron chi connectivity index (χ4n) is 7.70. The average molecular weight is 625 g/mol. The molecule has 0 saturated carbocycles. The van der Waals surface area contributed by atoms with E-state index in [1.165, 1.54) is 11.1 Å². The number of anilines is 1. The second-order valence-electron chi connectivity index (χ2n) is 13.5. The maximum absolute atomic E-state index is 12.5. The standard InChI is InChI=1S/C40H38N2O3.C2H6/c1-9-23(24(10-2)38(43)44)35-29-13-11-25-27(15-17-31-33(25)21(3)19-39(5,6)41-31)36(29)45-37-28-16-18-32-34(26(28)12-14-30(35)37)22(4)20-40(7,8)42-32;1-2/h9-20,41H,1-8H3,(H,43,44);1-2H3/b23-9+,24-10+;. The number of hydrogen-bond acceptors (Lipinski definition) is 4. The number of rotatable bonds is 3. The zero-order valence-corrected chi connectivity index (χ0v) is 29.1. The van der Waals surface area contributed by atoms with Gasteiger partial charge < -0.3 is 15.2 Å². The lowest BCUT2D eigenvalue weighted by atomic mass is 9.83. The van der Waals surface area contributed by atoms with E-state index in [4.69, 9.17) is 9.73 Å². The Kier molecular flexibility index (Phi) is 7.78. The lowest BCUT2D eigenvalue weighted by Crippen LogP contribution is -2.31. The van der Waals surface area contributed by atoms with Gasteiger partial charge in [-0.3, -0.25) is 4.99 Å². The Labute approximate surface area is 277 Å². The predicted octanol–water partition coefficient (Wildman–Crippen LogP) is 9.72. The van der Waals surface area contributed by atoms with E-state index in [9.17, 15) is 9.90 Å². The van der Waals surface area contributed by atoms with E-state index in [2.05, 4.69) is 108 Å². The van der Waals surface area contributed by atoms with Gasteiger partial charge in [0.2, 0.25) is 0 Å². The summed E-state index contributed by atoms with van der Waals surface area (Å²) >= 11 is 0. The normalized spacial score (nSPS) is 17.4. The number of aliphatic carboxylic acids is 1. The summed E-state index contributed by atoms with van der Waals surface area (Å²) in [5, 5.41) is 19.9. The van der Waals surface area contributed by atoms with Crippen molar-refractivity contribution in [3.8, 4) is 11.5 Å². The molecule has 2 N–H and O–H groups in total. The topological polar surface area (TPSA) is 70.9 Å². The van der Waals surface area contributed by atoms with Gasteiger partial charge in [0.25, 0.3) is 0 Å². The van der Waals surface area contributed by atoms with Gasteiger partial charge in [0, 0.05) is 43.9 Å². The summed E-state index contributed by atoms with van der Waals surface area (Å²) in [7, 11) is 0. The molecular weight excluding hydrogens is 580 g/mol. The molecule has 0 radical (unpaired) electrons. The van der Waals surface area contributed by atoms with Gasteiger partial charge in [0.05, 0.1) is 22.0 Å². The highest BCUT2D eigenvalue weighted by Gasteiger charge is 2.31. The lowest BCUT2D eigenvalue weighted by molar-refractivity contribution is -0.132. The Balaban J connectivity index is 0.00000190. The van der Waals surface area contributed by atoms with Crippen LogP contribution in [0.1, 0.15) is 85.9 Å². The number of fused-ring (bicyclic) bond motifs is 10. The van der Waals surface area contributed by atoms with Gasteiger partial charge in [-0.2, -0.15) is 0 Å². The molecular formula is C42H44N2O3. The summed E-state index contributed by atoms with van der Waals surface area (Å²) in [6, 6.07) is 16.9. The van der Waals surface area contributed by atoms with Crippen LogP contribution in [0.4, 0.5) is 5.69 Å². The smallest absolute Gasteiger partial charge is 0.335 e. The third-order valence-corrected chi connectivity index (χ3v) is 9.19. The number of carboxylic acid groups (broad SMARTS) is 1. The van der Waals surface area contributed by atoms with Gasteiger partial charge in [0.15, 0.2) is 0 Å². The van der Waals surface area contributed by atoms with Gasteiger partial charge in [-0.25, -0.2) is 4.79 Å². The first-order chi connectivity index (χ1) is 22.3. The van der Waals surface area contributed by atoms with Crippen molar-refractivity contribution in [3.63, 3.8) is 0 Å². The minimum absolute atomic E-state index is 0.151. The van der Waals surface area contributed by atoms with E-state index in [0.717, 1.165) is 71.6 Å². The number of hydrogen-bond donors (Lipinski definition) is 2. The molecule has 0 aromatic heterocycles. The summed E-state index contributed by atoms with van der Waals surface area (Å²) in [5.74, 6) is 0.503. The largest absolute Gasteiger partial charge is 0.478 e. The van der Waals surface area contributed by atoms with E-state index in [0.29, 0.717) is 5.57 Å². The summed E-state index contributed by atoms with van der Waals surface area (Å²) in [6.07, 6.45) is 8.06. The zero-order valence-electron chi connectivity index (χ0n) is 29.1. The molecule has 3 aliphatic heterocycles. The molecule has 7 rings (SSSR count). The van der Waals surface area contributed by atoms with Crippen molar-refractivity contribution in [2.75, 3.05) is 5.32 Å². The van der Waals surface area contributed by atoms with E-state index in [1.54, 1.807) is 13.0 Å². The number of benzene rings is 4. The van der Waals surface area contributed by atoms with Crippen LogP contribution in [0, 0.1) is 0 Å². The van der Waals surface area contributed by atoms with Crippen molar-refractivity contribution in [1.29, 1.82) is 0 Å². The van der Waals surface area contributed by atoms with Crippen molar-refractivity contribution in [2.45, 2.75) is 80.3 Å². The van der Waals surface area contributed by atoms with Crippen molar-refractivity contribution in [2.24, 2.45) is 4.99 Å². The molecule has 0 bridgehead atoms. The summed E-state index contributed by atoms with van der Waals surface area (Å²) in [4.78, 5) is 17.6. The quantitative estimate of drug-likeness (QED) is 0.176. The molecule has 0 spiro atoms. The molecule has 5 heteroatoms. The van der Waals surface area contributed by atoms with Crippen molar-refractivity contribution in [3.05, 3.63) is 111 Å². The first-order valence-corrected chi connectivity index (χ1v) is 16.6. The van der Waals surface area contributed by atoms with Crippen molar-refractivity contribution in [1.82, 2.24) is 0 Å². The monoisotopic (exact) mass is 624 g/mol. The molecule has 5 nitrogen and oxygen atoms in total. The molecule has 0 saturated heterocycles. The highest BCUT2D eigenvalue weighted by molar-refractivity contribution is 6.09. The summed E-state index contributed by atoms with van der Waals surface area (Å²) in [5.41, 5.74) is 7.98. The lowest BCUT2D eigenvalue weighted by Gasteiger charge is -2.33. The van der Waals surface area contributed by atoms with Crippen LogP contribution >= 0.6 is 0 Å². The minimum atomic E-state index is -0.961. The zero-order chi connectivity index (χ0) is 34.0. The second kappa shape index (κ2) is 11.4. The molecule has 3 aliphatic rings. The van der Waals surface area contributed by atoms with Crippen LogP contribution in [-0.4, -0.2) is 22.2 Å². The summed E-state index contributed by atoms with van der Waals surface area (Å²) < 4.78 is 7.03. The molecule has 47 heavy (non-hydrogen) atoms. The SMILES string of the molecule is C/C=C(C1=c2ccc3c4c(ccc3c2Oc2c1ccc1c3c(ccc21)NC(C)(C)C=C3C)=NC(C)(C)C=C4C)\C(=C/C)C(=O)O.CC.